The van der Waals surface area contributed by atoms with Crippen molar-refractivity contribution in [2.45, 2.75) is 20.0 Å². The first-order valence-corrected chi connectivity index (χ1v) is 8.09. The maximum Gasteiger partial charge on any atom is 0.251 e. The number of nitrogens with one attached hydrogen (secondary N) is 3. The van der Waals surface area contributed by atoms with E-state index in [-0.39, 0.29) is 11.8 Å². The van der Waals surface area contributed by atoms with Gasteiger partial charge in [-0.3, -0.25) is 9.59 Å². The number of amides is 2. The third-order valence-corrected chi connectivity index (χ3v) is 4.11. The van der Waals surface area contributed by atoms with Crippen LogP contribution in [0.2, 0.25) is 0 Å². The molecule has 1 heterocycles. The molecule has 1 aliphatic rings. The van der Waals surface area contributed by atoms with Gasteiger partial charge in [-0.15, -0.1) is 0 Å². The maximum absolute atomic E-state index is 12.2. The molecule has 24 heavy (non-hydrogen) atoms. The van der Waals surface area contributed by atoms with E-state index in [1.165, 1.54) is 11.1 Å². The van der Waals surface area contributed by atoms with Crippen molar-refractivity contribution in [2.75, 3.05) is 13.1 Å². The standard InChI is InChI=1S/C19H21N3O2/c1-13-2-4-14(5-3-13)18(23)21-8-9-22-19(24)15-6-7-16-11-20-12-17(16)10-15/h2-7,10,20H,8-9,11-12H2,1H3,(H,21,23)(H,22,24). The van der Waals surface area contributed by atoms with Gasteiger partial charge < -0.3 is 16.0 Å². The van der Waals surface area contributed by atoms with Crippen molar-refractivity contribution in [3.8, 4) is 0 Å². The normalized spacial score (nSPS) is 12.5. The molecular formula is C19H21N3O2. The quantitative estimate of drug-likeness (QED) is 0.734. The fourth-order valence-electron chi connectivity index (χ4n) is 2.70. The minimum atomic E-state index is -0.132. The number of carbonyl (C=O) groups is 2. The summed E-state index contributed by atoms with van der Waals surface area (Å²) in [5, 5.41) is 8.89. The largest absolute Gasteiger partial charge is 0.350 e. The van der Waals surface area contributed by atoms with E-state index < -0.39 is 0 Å². The number of hydrogen-bond donors (Lipinski definition) is 3. The summed E-state index contributed by atoms with van der Waals surface area (Å²) in [4.78, 5) is 24.1. The van der Waals surface area contributed by atoms with E-state index in [0.29, 0.717) is 24.2 Å². The fourth-order valence-corrected chi connectivity index (χ4v) is 2.70. The lowest BCUT2D eigenvalue weighted by atomic mass is 10.1. The molecule has 0 atom stereocenters. The molecule has 5 heteroatoms. The van der Waals surface area contributed by atoms with Crippen LogP contribution in [0.3, 0.4) is 0 Å². The minimum absolute atomic E-state index is 0.116. The number of rotatable bonds is 5. The fraction of sp³-hybridized carbons (Fsp3) is 0.263. The van der Waals surface area contributed by atoms with Crippen LogP contribution in [0.1, 0.15) is 37.4 Å². The second kappa shape index (κ2) is 7.27. The Morgan fingerprint density at radius 2 is 1.46 bits per heavy atom. The minimum Gasteiger partial charge on any atom is -0.350 e. The van der Waals surface area contributed by atoms with E-state index in [1.807, 2.05) is 37.3 Å². The maximum atomic E-state index is 12.2. The Morgan fingerprint density at radius 3 is 2.17 bits per heavy atom. The van der Waals surface area contributed by atoms with Gasteiger partial charge >= 0.3 is 0 Å². The number of carbonyl (C=O) groups excluding carboxylic acids is 2. The molecule has 3 rings (SSSR count). The molecule has 0 unspecified atom stereocenters. The molecule has 0 saturated carbocycles. The first-order valence-electron chi connectivity index (χ1n) is 8.09. The molecule has 0 saturated heterocycles. The van der Waals surface area contributed by atoms with Crippen LogP contribution in [0.25, 0.3) is 0 Å². The lowest BCUT2D eigenvalue weighted by Gasteiger charge is -2.08. The summed E-state index contributed by atoms with van der Waals surface area (Å²) in [6, 6.07) is 13.1. The Morgan fingerprint density at radius 1 is 0.875 bits per heavy atom. The van der Waals surface area contributed by atoms with Gasteiger partial charge in [-0.1, -0.05) is 23.8 Å². The highest BCUT2D eigenvalue weighted by Crippen LogP contribution is 2.16. The van der Waals surface area contributed by atoms with Crippen LogP contribution in [-0.4, -0.2) is 24.9 Å². The molecule has 0 radical (unpaired) electrons. The Hall–Kier alpha value is -2.66. The molecule has 0 aliphatic carbocycles. The number of aryl methyl sites for hydroxylation is 1. The van der Waals surface area contributed by atoms with E-state index in [9.17, 15) is 9.59 Å². The first-order chi connectivity index (χ1) is 11.6. The zero-order valence-corrected chi connectivity index (χ0v) is 13.7. The van der Waals surface area contributed by atoms with Crippen LogP contribution < -0.4 is 16.0 Å². The third kappa shape index (κ3) is 3.81. The molecule has 0 fully saturated rings. The molecule has 3 N–H and O–H groups in total. The highest BCUT2D eigenvalue weighted by atomic mass is 16.2. The van der Waals surface area contributed by atoms with Crippen LogP contribution in [0, 0.1) is 6.92 Å². The van der Waals surface area contributed by atoms with Crippen LogP contribution in [0.5, 0.6) is 0 Å². The predicted molar refractivity (Wildman–Crippen MR) is 92.8 cm³/mol. The third-order valence-electron chi connectivity index (χ3n) is 4.11. The van der Waals surface area contributed by atoms with Crippen molar-refractivity contribution in [1.29, 1.82) is 0 Å². The van der Waals surface area contributed by atoms with Crippen LogP contribution in [-0.2, 0) is 13.1 Å². The van der Waals surface area contributed by atoms with Gasteiger partial charge in [0, 0.05) is 37.3 Å². The SMILES string of the molecule is Cc1ccc(C(=O)NCCNC(=O)c2ccc3c(c2)CNC3)cc1. The average molecular weight is 323 g/mol. The average Bonchev–Trinajstić information content (AvgIpc) is 3.06. The van der Waals surface area contributed by atoms with Crippen LogP contribution in [0.4, 0.5) is 0 Å². The molecule has 0 aromatic heterocycles. The van der Waals surface area contributed by atoms with Crippen LogP contribution >= 0.6 is 0 Å². The van der Waals surface area contributed by atoms with Gasteiger partial charge in [0.05, 0.1) is 0 Å². The topological polar surface area (TPSA) is 70.2 Å². The van der Waals surface area contributed by atoms with Gasteiger partial charge in [-0.2, -0.15) is 0 Å². The molecule has 0 spiro atoms. The second-order valence-corrected chi connectivity index (χ2v) is 5.96. The number of hydrogen-bond acceptors (Lipinski definition) is 3. The summed E-state index contributed by atoms with van der Waals surface area (Å²) in [6.45, 7) is 4.44. The summed E-state index contributed by atoms with van der Waals surface area (Å²) in [6.07, 6.45) is 0. The van der Waals surface area contributed by atoms with Gasteiger partial charge in [-0.25, -0.2) is 0 Å². The highest BCUT2D eigenvalue weighted by molar-refractivity contribution is 5.95. The Bertz CT molecular complexity index is 754. The Balaban J connectivity index is 1.45. The van der Waals surface area contributed by atoms with E-state index >= 15 is 0 Å². The molecule has 1 aliphatic heterocycles. The molecule has 0 bridgehead atoms. The van der Waals surface area contributed by atoms with Crippen molar-refractivity contribution in [3.05, 3.63) is 70.3 Å². The zero-order chi connectivity index (χ0) is 16.9. The van der Waals surface area contributed by atoms with Crippen LogP contribution in [0.15, 0.2) is 42.5 Å². The lowest BCUT2D eigenvalue weighted by Crippen LogP contribution is -2.34. The summed E-state index contributed by atoms with van der Waals surface area (Å²) in [5.74, 6) is -0.248. The van der Waals surface area contributed by atoms with Gasteiger partial charge in [0.2, 0.25) is 0 Å². The highest BCUT2D eigenvalue weighted by Gasteiger charge is 2.13. The summed E-state index contributed by atoms with van der Waals surface area (Å²) in [7, 11) is 0. The van der Waals surface area contributed by atoms with E-state index in [2.05, 4.69) is 16.0 Å². The smallest absolute Gasteiger partial charge is 0.251 e. The van der Waals surface area contributed by atoms with Gasteiger partial charge in [0.25, 0.3) is 11.8 Å². The Labute approximate surface area is 141 Å². The number of benzene rings is 2. The van der Waals surface area contributed by atoms with Crippen molar-refractivity contribution >= 4 is 11.8 Å². The van der Waals surface area contributed by atoms with Gasteiger partial charge in [0.15, 0.2) is 0 Å². The molecular weight excluding hydrogens is 302 g/mol. The van der Waals surface area contributed by atoms with Crippen molar-refractivity contribution < 1.29 is 9.59 Å². The summed E-state index contributed by atoms with van der Waals surface area (Å²) >= 11 is 0. The second-order valence-electron chi connectivity index (χ2n) is 5.96. The zero-order valence-electron chi connectivity index (χ0n) is 13.7. The molecule has 2 aromatic rings. The number of fused-ring (bicyclic) bond motifs is 1. The Kier molecular flexibility index (Phi) is 4.91. The monoisotopic (exact) mass is 323 g/mol. The molecule has 5 nitrogen and oxygen atoms in total. The van der Waals surface area contributed by atoms with E-state index in [1.54, 1.807) is 12.1 Å². The first kappa shape index (κ1) is 16.2. The van der Waals surface area contributed by atoms with Gasteiger partial charge in [0.1, 0.15) is 0 Å². The van der Waals surface area contributed by atoms with Crippen molar-refractivity contribution in [1.82, 2.24) is 16.0 Å². The van der Waals surface area contributed by atoms with E-state index in [4.69, 9.17) is 0 Å². The molecule has 124 valence electrons. The van der Waals surface area contributed by atoms with E-state index in [0.717, 1.165) is 18.7 Å². The lowest BCUT2D eigenvalue weighted by molar-refractivity contribution is 0.0927. The summed E-state index contributed by atoms with van der Waals surface area (Å²) in [5.41, 5.74) is 4.82. The predicted octanol–water partition coefficient (Wildman–Crippen LogP) is 1.76. The molecule has 2 aromatic carbocycles. The summed E-state index contributed by atoms with van der Waals surface area (Å²) < 4.78 is 0. The van der Waals surface area contributed by atoms with Crippen molar-refractivity contribution in [3.63, 3.8) is 0 Å². The molecule has 2 amide bonds. The van der Waals surface area contributed by atoms with Crippen molar-refractivity contribution in [2.24, 2.45) is 0 Å². The van der Waals surface area contributed by atoms with Gasteiger partial charge in [-0.05, 0) is 42.3 Å².